The zero-order chi connectivity index (χ0) is 23.8. The minimum Gasteiger partial charge on any atom is -0.504 e. The van der Waals surface area contributed by atoms with E-state index in [0.29, 0.717) is 30.7 Å². The molecule has 3 aliphatic carbocycles. The van der Waals surface area contributed by atoms with Crippen molar-refractivity contribution in [1.82, 2.24) is 0 Å². The molecule has 5 nitrogen and oxygen atoms in total. The first-order chi connectivity index (χ1) is 17.0. The molecule has 1 spiro atoms. The molecule has 2 aliphatic heterocycles. The van der Waals surface area contributed by atoms with Gasteiger partial charge in [0.2, 0.25) is 0 Å². The summed E-state index contributed by atoms with van der Waals surface area (Å²) in [5.74, 6) is 3.02. The highest BCUT2D eigenvalue weighted by atomic mass is 16.5. The number of benzene rings is 2. The van der Waals surface area contributed by atoms with Crippen LogP contribution in [0.2, 0.25) is 0 Å². The molecule has 0 amide bonds. The predicted molar refractivity (Wildman–Crippen MR) is 133 cm³/mol. The zero-order valence-corrected chi connectivity index (χ0v) is 20.7. The summed E-state index contributed by atoms with van der Waals surface area (Å²) in [6, 6.07) is 12.7. The second-order valence-electron chi connectivity index (χ2n) is 12.0. The third-order valence-electron chi connectivity index (χ3n) is 9.95. The topological polar surface area (TPSA) is 55.8 Å². The number of aromatic hydroxyl groups is 1. The molecule has 0 unspecified atom stereocenters. The normalized spacial score (nSPS) is 34.3. The van der Waals surface area contributed by atoms with Crippen molar-refractivity contribution < 1.29 is 23.9 Å². The Kier molecular flexibility index (Phi) is 4.80. The number of likely N-dealkylation sites (N-methyl/N-ethyl adjacent to an activating group) is 1. The molecule has 5 heteroatoms. The van der Waals surface area contributed by atoms with Gasteiger partial charge in [0.15, 0.2) is 23.4 Å². The quantitative estimate of drug-likeness (QED) is 0.472. The monoisotopic (exact) mass is 474 g/mol. The van der Waals surface area contributed by atoms with Crippen LogP contribution in [-0.4, -0.2) is 54.3 Å². The van der Waals surface area contributed by atoms with Crippen molar-refractivity contribution >= 4 is 5.78 Å². The van der Waals surface area contributed by atoms with E-state index in [1.807, 2.05) is 6.07 Å². The molecular formula is C30H36NO4+. The fourth-order valence-electron chi connectivity index (χ4n) is 8.19. The number of nitrogens with zero attached hydrogens (tertiary/aromatic N) is 1. The van der Waals surface area contributed by atoms with Crippen LogP contribution in [0.5, 0.6) is 17.2 Å². The number of carbonyl (C=O) groups excluding carboxylic acids is 1. The first-order valence-corrected chi connectivity index (χ1v) is 13.6. The van der Waals surface area contributed by atoms with Crippen molar-refractivity contribution in [3.8, 4) is 17.2 Å². The Morgan fingerprint density at radius 2 is 2.03 bits per heavy atom. The molecule has 5 aliphatic rings. The van der Waals surface area contributed by atoms with Gasteiger partial charge in [0, 0.05) is 48.3 Å². The van der Waals surface area contributed by atoms with E-state index >= 15 is 0 Å². The first kappa shape index (κ1) is 21.7. The van der Waals surface area contributed by atoms with E-state index in [9.17, 15) is 9.90 Å². The second-order valence-corrected chi connectivity index (χ2v) is 12.0. The van der Waals surface area contributed by atoms with E-state index in [1.54, 1.807) is 6.07 Å². The van der Waals surface area contributed by atoms with Crippen molar-refractivity contribution in [2.45, 2.75) is 68.9 Å². The maximum absolute atomic E-state index is 13.2. The largest absolute Gasteiger partial charge is 0.504 e. The van der Waals surface area contributed by atoms with Crippen molar-refractivity contribution in [3.63, 3.8) is 0 Å². The second kappa shape index (κ2) is 7.73. The lowest BCUT2D eigenvalue weighted by Gasteiger charge is -2.60. The Bertz CT molecular complexity index is 1170. The Hall–Kier alpha value is -2.53. The third kappa shape index (κ3) is 3.20. The number of hydrogen-bond donors (Lipinski definition) is 1. The number of phenols is 1. The average molecular weight is 475 g/mol. The minimum atomic E-state index is -0.438. The number of quaternary nitrogens is 1. The molecule has 35 heavy (non-hydrogen) atoms. The van der Waals surface area contributed by atoms with Gasteiger partial charge in [-0.05, 0) is 37.7 Å². The molecule has 2 saturated carbocycles. The van der Waals surface area contributed by atoms with Crippen LogP contribution in [0.25, 0.3) is 0 Å². The lowest BCUT2D eigenvalue weighted by atomic mass is 9.51. The number of hydrogen-bond acceptors (Lipinski definition) is 4. The number of piperidine rings is 1. The highest BCUT2D eigenvalue weighted by Gasteiger charge is 2.69. The van der Waals surface area contributed by atoms with Crippen LogP contribution in [0.15, 0.2) is 36.4 Å². The van der Waals surface area contributed by atoms with Crippen LogP contribution in [0.1, 0.15) is 55.2 Å². The maximum atomic E-state index is 13.2. The number of phenolic OH excluding ortho intramolecular Hbond substituents is 1. The summed E-state index contributed by atoms with van der Waals surface area (Å²) >= 11 is 0. The predicted octanol–water partition coefficient (Wildman–Crippen LogP) is 4.57. The Labute approximate surface area is 207 Å². The molecule has 2 bridgehead atoms. The first-order valence-electron chi connectivity index (χ1n) is 13.6. The van der Waals surface area contributed by atoms with Crippen LogP contribution in [0.3, 0.4) is 0 Å². The van der Waals surface area contributed by atoms with E-state index in [2.05, 4.69) is 31.3 Å². The molecule has 7 rings (SSSR count). The minimum absolute atomic E-state index is 0.136. The van der Waals surface area contributed by atoms with Gasteiger partial charge in [-0.1, -0.05) is 30.3 Å². The summed E-state index contributed by atoms with van der Waals surface area (Å²) < 4.78 is 13.9. The Morgan fingerprint density at radius 1 is 1.20 bits per heavy atom. The van der Waals surface area contributed by atoms with E-state index in [1.165, 1.54) is 30.5 Å². The molecule has 1 N–H and O–H groups in total. The van der Waals surface area contributed by atoms with E-state index in [4.69, 9.17) is 9.47 Å². The van der Waals surface area contributed by atoms with Crippen LogP contribution in [-0.2, 0) is 23.1 Å². The molecule has 5 atom stereocenters. The number of Topliss-reactive ketones (excluding diaryl/α,β-unsaturated/α-hetero) is 1. The summed E-state index contributed by atoms with van der Waals surface area (Å²) in [5.41, 5.74) is 3.35. The van der Waals surface area contributed by atoms with Crippen molar-refractivity contribution in [2.24, 2.45) is 11.8 Å². The van der Waals surface area contributed by atoms with Gasteiger partial charge >= 0.3 is 0 Å². The summed E-state index contributed by atoms with van der Waals surface area (Å²) in [7, 11) is 2.46. The van der Waals surface area contributed by atoms with E-state index in [0.717, 1.165) is 60.4 Å². The van der Waals surface area contributed by atoms with Gasteiger partial charge in [0.05, 0.1) is 38.2 Å². The molecule has 0 aromatic heterocycles. The zero-order valence-electron chi connectivity index (χ0n) is 20.7. The van der Waals surface area contributed by atoms with Gasteiger partial charge < -0.3 is 19.1 Å². The molecule has 0 radical (unpaired) electrons. The standard InChI is InChI=1S/C30H35NO4/c1-31(18-20-9-10-20)14-13-30-22-11-12-24(32)29(30)35-28-25(33)17-26(21(27(28)30)16-23(22)31)34-15-5-8-19-6-3-2-4-7-19/h2-4,6-7,17,20,22-23,29H,5,8-16,18H2,1H3/p+1/t22-,23+,29-,30-,31+/m0/s1. The van der Waals surface area contributed by atoms with Crippen molar-refractivity contribution in [2.75, 3.05) is 26.7 Å². The SMILES string of the molecule is C[N@+]1(CC2CC2)CC[C@]23c4c5c(OCCCc6ccccc6)cc(O)c4O[C@H]2C(=O)CC[C@H]3[C@H]1C5. The van der Waals surface area contributed by atoms with Crippen LogP contribution >= 0.6 is 0 Å². The molecule has 2 aromatic carbocycles. The lowest BCUT2D eigenvalue weighted by molar-refractivity contribution is -0.946. The number of likely N-dealkylation sites (tertiary alicyclic amines) is 1. The number of carbonyl (C=O) groups is 1. The smallest absolute Gasteiger partial charge is 0.174 e. The van der Waals surface area contributed by atoms with Gasteiger partial charge in [-0.3, -0.25) is 4.79 Å². The summed E-state index contributed by atoms with van der Waals surface area (Å²) in [6.07, 6.45) is 7.65. The molecule has 2 aromatic rings. The van der Waals surface area contributed by atoms with Gasteiger partial charge in [-0.15, -0.1) is 0 Å². The summed E-state index contributed by atoms with van der Waals surface area (Å²) in [5, 5.41) is 11.0. The van der Waals surface area contributed by atoms with Crippen LogP contribution < -0.4 is 9.47 Å². The van der Waals surface area contributed by atoms with Gasteiger partial charge in [-0.2, -0.15) is 0 Å². The van der Waals surface area contributed by atoms with Crippen molar-refractivity contribution in [1.29, 1.82) is 0 Å². The highest BCUT2D eigenvalue weighted by Crippen LogP contribution is 2.65. The van der Waals surface area contributed by atoms with Crippen LogP contribution in [0, 0.1) is 11.8 Å². The average Bonchev–Trinajstić information content (AvgIpc) is 3.59. The summed E-state index contributed by atoms with van der Waals surface area (Å²) in [4.78, 5) is 13.2. The number of ether oxygens (including phenoxy) is 2. The number of rotatable bonds is 7. The van der Waals surface area contributed by atoms with Gasteiger partial charge in [0.25, 0.3) is 0 Å². The van der Waals surface area contributed by atoms with E-state index < -0.39 is 6.10 Å². The lowest BCUT2D eigenvalue weighted by Crippen LogP contribution is -2.72. The molecular weight excluding hydrogens is 438 g/mol. The number of ketones is 1. The summed E-state index contributed by atoms with van der Waals surface area (Å²) in [6.45, 7) is 2.95. The fourth-order valence-corrected chi connectivity index (χ4v) is 8.19. The Morgan fingerprint density at radius 3 is 2.83 bits per heavy atom. The van der Waals surface area contributed by atoms with Crippen LogP contribution in [0.4, 0.5) is 0 Å². The van der Waals surface area contributed by atoms with Gasteiger partial charge in [0.1, 0.15) is 5.75 Å². The maximum Gasteiger partial charge on any atom is 0.174 e. The van der Waals surface area contributed by atoms with Gasteiger partial charge in [-0.25, -0.2) is 0 Å². The fraction of sp³-hybridized carbons (Fsp3) is 0.567. The molecule has 1 saturated heterocycles. The number of aryl methyl sites for hydroxylation is 1. The Balaban J connectivity index is 1.25. The van der Waals surface area contributed by atoms with E-state index in [-0.39, 0.29) is 16.9 Å². The third-order valence-corrected chi connectivity index (χ3v) is 9.95. The molecule has 2 heterocycles. The molecule has 3 fully saturated rings. The van der Waals surface area contributed by atoms with Crippen molar-refractivity contribution in [3.05, 3.63) is 53.1 Å². The molecule has 184 valence electrons. The highest BCUT2D eigenvalue weighted by molar-refractivity contribution is 5.89.